The Hall–Kier alpha value is -0.980. The SMILES string of the molecule is CC(C)(C)c1n[nH]c(CN2CC3(CCOCC3)CCC2CO)n1. The Kier molecular flexibility index (Phi) is 4.76. The zero-order chi connectivity index (χ0) is 16.5. The van der Waals surface area contributed by atoms with E-state index in [9.17, 15) is 5.11 Å². The van der Waals surface area contributed by atoms with Crippen LogP contribution in [-0.4, -0.2) is 57.6 Å². The van der Waals surface area contributed by atoms with Gasteiger partial charge in [-0.2, -0.15) is 5.10 Å². The molecule has 6 nitrogen and oxygen atoms in total. The van der Waals surface area contributed by atoms with Crippen molar-refractivity contribution in [3.8, 4) is 0 Å². The van der Waals surface area contributed by atoms with Crippen molar-refractivity contribution >= 4 is 0 Å². The van der Waals surface area contributed by atoms with E-state index in [2.05, 4.69) is 40.9 Å². The van der Waals surface area contributed by atoms with E-state index in [1.807, 2.05) is 0 Å². The van der Waals surface area contributed by atoms with E-state index in [0.717, 1.165) is 57.2 Å². The van der Waals surface area contributed by atoms with Gasteiger partial charge in [-0.25, -0.2) is 4.98 Å². The van der Waals surface area contributed by atoms with Crippen LogP contribution < -0.4 is 0 Å². The molecule has 0 aliphatic carbocycles. The number of aliphatic hydroxyl groups excluding tert-OH is 1. The lowest BCUT2D eigenvalue weighted by Crippen LogP contribution is -2.51. The van der Waals surface area contributed by atoms with Crippen molar-refractivity contribution in [3.05, 3.63) is 11.6 Å². The monoisotopic (exact) mass is 322 g/mol. The predicted octanol–water partition coefficient (Wildman–Crippen LogP) is 1.86. The first-order valence-corrected chi connectivity index (χ1v) is 8.76. The Labute approximate surface area is 138 Å². The number of aromatic amines is 1. The van der Waals surface area contributed by atoms with Gasteiger partial charge < -0.3 is 9.84 Å². The maximum absolute atomic E-state index is 9.75. The number of aromatic nitrogens is 3. The van der Waals surface area contributed by atoms with Crippen LogP contribution in [0.5, 0.6) is 0 Å². The number of rotatable bonds is 3. The van der Waals surface area contributed by atoms with Gasteiger partial charge in [-0.1, -0.05) is 20.8 Å². The van der Waals surface area contributed by atoms with E-state index in [-0.39, 0.29) is 18.1 Å². The summed E-state index contributed by atoms with van der Waals surface area (Å²) in [4.78, 5) is 7.05. The number of nitrogens with one attached hydrogen (secondary N) is 1. The summed E-state index contributed by atoms with van der Waals surface area (Å²) >= 11 is 0. The first-order valence-electron chi connectivity index (χ1n) is 8.76. The lowest BCUT2D eigenvalue weighted by Gasteiger charge is -2.48. The molecule has 23 heavy (non-hydrogen) atoms. The highest BCUT2D eigenvalue weighted by atomic mass is 16.5. The van der Waals surface area contributed by atoms with Crippen molar-refractivity contribution in [3.63, 3.8) is 0 Å². The molecule has 130 valence electrons. The Bertz CT molecular complexity index is 517. The first-order chi connectivity index (χ1) is 10.9. The molecular formula is C17H30N4O2. The van der Waals surface area contributed by atoms with E-state index in [1.54, 1.807) is 0 Å². The normalized spacial score (nSPS) is 25.8. The second-order valence-corrected chi connectivity index (χ2v) is 8.25. The number of hydrogen-bond donors (Lipinski definition) is 2. The van der Waals surface area contributed by atoms with Crippen LogP contribution in [-0.2, 0) is 16.7 Å². The number of hydrogen-bond acceptors (Lipinski definition) is 5. The molecule has 0 bridgehead atoms. The summed E-state index contributed by atoms with van der Waals surface area (Å²) in [6.45, 7) is 10.1. The van der Waals surface area contributed by atoms with Gasteiger partial charge in [0.2, 0.25) is 0 Å². The number of H-pyrrole nitrogens is 1. The fraction of sp³-hybridized carbons (Fsp3) is 0.882. The summed E-state index contributed by atoms with van der Waals surface area (Å²) in [5, 5.41) is 17.2. The predicted molar refractivity (Wildman–Crippen MR) is 88.1 cm³/mol. The standard InChI is InChI=1S/C17H30N4O2/c1-16(2,3)15-18-14(19-20-15)10-21-12-17(5-4-13(21)11-22)6-8-23-9-7-17/h13,22H,4-12H2,1-3H3,(H,18,19,20). The van der Waals surface area contributed by atoms with Crippen LogP contribution in [0.1, 0.15) is 58.1 Å². The van der Waals surface area contributed by atoms with Crippen molar-refractivity contribution in [2.45, 2.75) is 64.5 Å². The number of aliphatic hydroxyl groups is 1. The Balaban J connectivity index is 1.71. The minimum absolute atomic E-state index is 0.0467. The summed E-state index contributed by atoms with van der Waals surface area (Å²) in [6.07, 6.45) is 4.51. The second-order valence-electron chi connectivity index (χ2n) is 8.25. The van der Waals surface area contributed by atoms with Crippen molar-refractivity contribution in [1.29, 1.82) is 0 Å². The minimum Gasteiger partial charge on any atom is -0.395 e. The Morgan fingerprint density at radius 1 is 1.30 bits per heavy atom. The smallest absolute Gasteiger partial charge is 0.156 e. The summed E-state index contributed by atoms with van der Waals surface area (Å²) in [7, 11) is 0. The molecule has 2 N–H and O–H groups in total. The average molecular weight is 322 g/mol. The quantitative estimate of drug-likeness (QED) is 0.888. The Morgan fingerprint density at radius 3 is 2.65 bits per heavy atom. The lowest BCUT2D eigenvalue weighted by molar-refractivity contribution is -0.0556. The summed E-state index contributed by atoms with van der Waals surface area (Å²) < 4.78 is 5.55. The molecule has 2 fully saturated rings. The topological polar surface area (TPSA) is 74.3 Å². The third-order valence-electron chi connectivity index (χ3n) is 5.38. The van der Waals surface area contributed by atoms with Gasteiger partial charge in [0.25, 0.3) is 0 Å². The molecular weight excluding hydrogens is 292 g/mol. The fourth-order valence-corrected chi connectivity index (χ4v) is 3.79. The molecule has 1 unspecified atom stereocenters. The third-order valence-corrected chi connectivity index (χ3v) is 5.38. The van der Waals surface area contributed by atoms with Gasteiger partial charge in [-0.15, -0.1) is 0 Å². The van der Waals surface area contributed by atoms with Gasteiger partial charge in [0.15, 0.2) is 5.82 Å². The average Bonchev–Trinajstić information content (AvgIpc) is 2.97. The molecule has 3 rings (SSSR count). The van der Waals surface area contributed by atoms with Crippen molar-refractivity contribution in [2.75, 3.05) is 26.4 Å². The van der Waals surface area contributed by atoms with Crippen LogP contribution in [0.4, 0.5) is 0 Å². The van der Waals surface area contributed by atoms with Crippen LogP contribution in [0.15, 0.2) is 0 Å². The molecule has 1 spiro atoms. The molecule has 0 aromatic carbocycles. The molecule has 3 heterocycles. The third kappa shape index (κ3) is 3.75. The number of ether oxygens (including phenoxy) is 1. The molecule has 1 aromatic rings. The van der Waals surface area contributed by atoms with Gasteiger partial charge in [0.1, 0.15) is 5.82 Å². The van der Waals surface area contributed by atoms with E-state index < -0.39 is 0 Å². The van der Waals surface area contributed by atoms with E-state index in [0.29, 0.717) is 5.41 Å². The molecule has 0 amide bonds. The van der Waals surface area contributed by atoms with Gasteiger partial charge in [0.05, 0.1) is 13.2 Å². The highest BCUT2D eigenvalue weighted by molar-refractivity contribution is 5.03. The number of nitrogens with zero attached hydrogens (tertiary/aromatic N) is 3. The van der Waals surface area contributed by atoms with Crippen molar-refractivity contribution < 1.29 is 9.84 Å². The highest BCUT2D eigenvalue weighted by Gasteiger charge is 2.40. The first kappa shape index (κ1) is 16.9. The minimum atomic E-state index is -0.0467. The Morgan fingerprint density at radius 2 is 2.04 bits per heavy atom. The van der Waals surface area contributed by atoms with Crippen molar-refractivity contribution in [1.82, 2.24) is 20.1 Å². The molecule has 2 aliphatic rings. The number of piperidine rings is 1. The molecule has 2 saturated heterocycles. The van der Waals surface area contributed by atoms with Crippen LogP contribution in [0.25, 0.3) is 0 Å². The van der Waals surface area contributed by atoms with E-state index in [1.165, 1.54) is 6.42 Å². The molecule has 6 heteroatoms. The molecule has 0 saturated carbocycles. The highest BCUT2D eigenvalue weighted by Crippen LogP contribution is 2.41. The lowest BCUT2D eigenvalue weighted by atomic mass is 9.72. The molecule has 2 aliphatic heterocycles. The van der Waals surface area contributed by atoms with Crippen molar-refractivity contribution in [2.24, 2.45) is 5.41 Å². The second kappa shape index (κ2) is 6.49. The van der Waals surface area contributed by atoms with Gasteiger partial charge in [-0.05, 0) is 31.1 Å². The maximum atomic E-state index is 9.75. The summed E-state index contributed by atoms with van der Waals surface area (Å²) in [5.41, 5.74) is 0.311. The number of likely N-dealkylation sites (tertiary alicyclic amines) is 1. The van der Waals surface area contributed by atoms with Crippen LogP contribution in [0, 0.1) is 5.41 Å². The van der Waals surface area contributed by atoms with Gasteiger partial charge in [-0.3, -0.25) is 10.00 Å². The summed E-state index contributed by atoms with van der Waals surface area (Å²) in [5.74, 6) is 1.75. The molecule has 1 aromatic heterocycles. The van der Waals surface area contributed by atoms with Crippen LogP contribution >= 0.6 is 0 Å². The molecule has 0 radical (unpaired) electrons. The fourth-order valence-electron chi connectivity index (χ4n) is 3.79. The maximum Gasteiger partial charge on any atom is 0.156 e. The van der Waals surface area contributed by atoms with E-state index >= 15 is 0 Å². The molecule has 1 atom stereocenters. The summed E-state index contributed by atoms with van der Waals surface area (Å²) in [6, 6.07) is 0.228. The zero-order valence-electron chi connectivity index (χ0n) is 14.6. The van der Waals surface area contributed by atoms with Crippen LogP contribution in [0.3, 0.4) is 0 Å². The largest absolute Gasteiger partial charge is 0.395 e. The zero-order valence-corrected chi connectivity index (χ0v) is 14.6. The van der Waals surface area contributed by atoms with E-state index in [4.69, 9.17) is 4.74 Å². The van der Waals surface area contributed by atoms with Crippen LogP contribution in [0.2, 0.25) is 0 Å². The van der Waals surface area contributed by atoms with Gasteiger partial charge in [0, 0.05) is 31.2 Å². The van der Waals surface area contributed by atoms with Gasteiger partial charge >= 0.3 is 0 Å².